The molecule has 8 nitrogen and oxygen atoms in total. The van der Waals surface area contributed by atoms with Crippen LogP contribution in [0, 0.1) is 19.7 Å². The maximum absolute atomic E-state index is 13.0. The lowest BCUT2D eigenvalue weighted by atomic mass is 10.1. The highest BCUT2D eigenvalue weighted by Crippen LogP contribution is 2.34. The van der Waals surface area contributed by atoms with Crippen LogP contribution >= 0.6 is 27.7 Å². The summed E-state index contributed by atoms with van der Waals surface area (Å²) in [5.74, 6) is -1.48. The summed E-state index contributed by atoms with van der Waals surface area (Å²) >= 11 is 4.14. The van der Waals surface area contributed by atoms with E-state index in [-0.39, 0.29) is 11.5 Å². The second-order valence-corrected chi connectivity index (χ2v) is 10.5. The van der Waals surface area contributed by atoms with Crippen LogP contribution in [-0.2, 0) is 14.4 Å². The van der Waals surface area contributed by atoms with E-state index in [0.717, 1.165) is 27.8 Å². The van der Waals surface area contributed by atoms with Crippen LogP contribution < -0.4 is 15.4 Å². The minimum Gasteiger partial charge on any atom is -0.483 e. The smallest absolute Gasteiger partial charge is 0.294 e. The number of amides is 4. The summed E-state index contributed by atoms with van der Waals surface area (Å²) in [5.41, 5.74) is 3.73. The van der Waals surface area contributed by atoms with E-state index in [1.807, 2.05) is 26.0 Å². The first kappa shape index (κ1) is 28.1. The summed E-state index contributed by atoms with van der Waals surface area (Å²) < 4.78 is 19.1. The Kier molecular flexibility index (Phi) is 8.82. The van der Waals surface area contributed by atoms with Gasteiger partial charge in [-0.25, -0.2) is 4.39 Å². The number of rotatable bonds is 8. The number of hydrogen-bond acceptors (Lipinski definition) is 6. The number of halogens is 2. The van der Waals surface area contributed by atoms with Crippen molar-refractivity contribution >= 4 is 68.1 Å². The number of imide groups is 1. The Balaban J connectivity index is 1.34. The molecule has 200 valence electrons. The second-order valence-electron chi connectivity index (χ2n) is 8.65. The van der Waals surface area contributed by atoms with Gasteiger partial charge in [-0.15, -0.1) is 0 Å². The topological polar surface area (TPSA) is 105 Å². The number of anilines is 2. The van der Waals surface area contributed by atoms with Gasteiger partial charge in [0.25, 0.3) is 17.1 Å². The number of thioether (sulfide) groups is 1. The molecule has 4 rings (SSSR count). The number of carbonyl (C=O) groups is 4. The van der Waals surface area contributed by atoms with Crippen molar-refractivity contribution in [3.63, 3.8) is 0 Å². The summed E-state index contributed by atoms with van der Waals surface area (Å²) in [6.45, 7) is 3.21. The Labute approximate surface area is 236 Å². The largest absolute Gasteiger partial charge is 0.483 e. The molecule has 4 amide bonds. The summed E-state index contributed by atoms with van der Waals surface area (Å²) in [4.78, 5) is 51.0. The first-order valence-corrected chi connectivity index (χ1v) is 13.3. The van der Waals surface area contributed by atoms with Crippen LogP contribution in [0.3, 0.4) is 0 Å². The van der Waals surface area contributed by atoms with Crippen LogP contribution in [0.1, 0.15) is 16.7 Å². The molecule has 1 aliphatic heterocycles. The highest BCUT2D eigenvalue weighted by Gasteiger charge is 2.36. The fourth-order valence-electron chi connectivity index (χ4n) is 3.55. The second kappa shape index (κ2) is 12.3. The van der Waals surface area contributed by atoms with Gasteiger partial charge in [0.1, 0.15) is 18.1 Å². The van der Waals surface area contributed by atoms with E-state index in [1.165, 1.54) is 24.3 Å². The molecule has 0 saturated carbocycles. The van der Waals surface area contributed by atoms with E-state index in [0.29, 0.717) is 27.2 Å². The lowest BCUT2D eigenvalue weighted by molar-refractivity contribution is -0.127. The predicted molar refractivity (Wildman–Crippen MR) is 152 cm³/mol. The lowest BCUT2D eigenvalue weighted by Crippen LogP contribution is -2.36. The van der Waals surface area contributed by atoms with Crippen molar-refractivity contribution in [3.8, 4) is 5.75 Å². The van der Waals surface area contributed by atoms with Crippen molar-refractivity contribution in [2.75, 3.05) is 23.8 Å². The van der Waals surface area contributed by atoms with Crippen molar-refractivity contribution in [3.05, 3.63) is 92.5 Å². The fourth-order valence-corrected chi connectivity index (χ4v) is 4.90. The highest BCUT2D eigenvalue weighted by molar-refractivity contribution is 9.10. The molecule has 0 unspecified atom stereocenters. The summed E-state index contributed by atoms with van der Waals surface area (Å²) in [6.07, 6.45) is 1.54. The third-order valence-corrected chi connectivity index (χ3v) is 7.23. The van der Waals surface area contributed by atoms with Gasteiger partial charge in [0.2, 0.25) is 5.91 Å². The molecule has 1 heterocycles. The molecule has 1 fully saturated rings. The molecule has 1 aliphatic rings. The van der Waals surface area contributed by atoms with E-state index >= 15 is 0 Å². The zero-order valence-corrected chi connectivity index (χ0v) is 23.3. The minimum absolute atomic E-state index is 0.179. The number of aryl methyl sites for hydroxylation is 2. The van der Waals surface area contributed by atoms with Crippen LogP contribution in [0.4, 0.5) is 20.6 Å². The Morgan fingerprint density at radius 1 is 0.949 bits per heavy atom. The Hall–Kier alpha value is -3.96. The molecule has 0 aromatic heterocycles. The molecular weight excluding hydrogens is 589 g/mol. The van der Waals surface area contributed by atoms with E-state index < -0.39 is 35.3 Å². The molecule has 3 aromatic carbocycles. The fraction of sp³-hybridized carbons (Fsp3) is 0.143. The van der Waals surface area contributed by atoms with Gasteiger partial charge in [-0.3, -0.25) is 24.1 Å². The number of nitrogens with one attached hydrogen (secondary N) is 2. The minimum atomic E-state index is -0.561. The summed E-state index contributed by atoms with van der Waals surface area (Å²) in [6, 6.07) is 15.8. The molecule has 2 N–H and O–H groups in total. The molecule has 39 heavy (non-hydrogen) atoms. The average molecular weight is 612 g/mol. The quantitative estimate of drug-likeness (QED) is 0.307. The first-order chi connectivity index (χ1) is 18.6. The van der Waals surface area contributed by atoms with E-state index in [1.54, 1.807) is 30.3 Å². The van der Waals surface area contributed by atoms with Crippen LogP contribution in [0.5, 0.6) is 5.75 Å². The maximum Gasteiger partial charge on any atom is 0.294 e. The van der Waals surface area contributed by atoms with Gasteiger partial charge in [-0.05, 0) is 113 Å². The number of nitrogens with zero attached hydrogens (tertiary/aromatic N) is 1. The Morgan fingerprint density at radius 2 is 1.64 bits per heavy atom. The van der Waals surface area contributed by atoms with Crippen LogP contribution in [0.2, 0.25) is 0 Å². The molecular formula is C28H23BrFN3O5S. The van der Waals surface area contributed by atoms with Gasteiger partial charge in [0.05, 0.1) is 9.38 Å². The van der Waals surface area contributed by atoms with Gasteiger partial charge < -0.3 is 15.4 Å². The molecule has 0 radical (unpaired) electrons. The van der Waals surface area contributed by atoms with Gasteiger partial charge in [-0.2, -0.15) is 0 Å². The lowest BCUT2D eigenvalue weighted by Gasteiger charge is -2.13. The van der Waals surface area contributed by atoms with Crippen molar-refractivity contribution in [1.29, 1.82) is 0 Å². The molecule has 0 bridgehead atoms. The number of hydrogen-bond donors (Lipinski definition) is 2. The number of benzene rings is 3. The molecule has 0 aliphatic carbocycles. The normalized spacial score (nSPS) is 14.1. The zero-order valence-electron chi connectivity index (χ0n) is 20.9. The molecule has 1 saturated heterocycles. The van der Waals surface area contributed by atoms with E-state index in [4.69, 9.17) is 4.74 Å². The maximum atomic E-state index is 13.0. The highest BCUT2D eigenvalue weighted by atomic mass is 79.9. The first-order valence-electron chi connectivity index (χ1n) is 11.7. The van der Waals surface area contributed by atoms with Crippen molar-refractivity contribution in [2.45, 2.75) is 13.8 Å². The Morgan fingerprint density at radius 3 is 2.33 bits per heavy atom. The third kappa shape index (κ3) is 7.33. The van der Waals surface area contributed by atoms with Gasteiger partial charge in [0, 0.05) is 11.4 Å². The van der Waals surface area contributed by atoms with Crippen molar-refractivity contribution in [2.24, 2.45) is 0 Å². The average Bonchev–Trinajstić information content (AvgIpc) is 3.14. The zero-order chi connectivity index (χ0) is 28.1. The van der Waals surface area contributed by atoms with Gasteiger partial charge in [0.15, 0.2) is 6.61 Å². The number of carbonyl (C=O) groups excluding carboxylic acids is 4. The third-order valence-electron chi connectivity index (χ3n) is 5.71. The molecule has 3 aromatic rings. The molecule has 11 heteroatoms. The Bertz CT molecular complexity index is 1490. The van der Waals surface area contributed by atoms with E-state index in [2.05, 4.69) is 26.6 Å². The predicted octanol–water partition coefficient (Wildman–Crippen LogP) is 5.90. The van der Waals surface area contributed by atoms with Crippen LogP contribution in [0.15, 0.2) is 70.0 Å². The van der Waals surface area contributed by atoms with Crippen LogP contribution in [-0.4, -0.2) is 41.0 Å². The number of ether oxygens (including phenoxy) is 1. The monoisotopic (exact) mass is 611 g/mol. The standard InChI is InChI=1S/C28H23BrFN3O5S/c1-16-3-7-21(11-17(16)2)32-25(34)14-33-27(36)24(39-28(33)37)13-18-4-10-23(22(29)12-18)38-15-26(35)31-20-8-5-19(30)6-9-20/h3-13H,14-15H2,1-2H3,(H,31,35)(H,32,34)/b24-13+. The summed E-state index contributed by atoms with van der Waals surface area (Å²) in [5, 5.41) is 4.78. The van der Waals surface area contributed by atoms with Gasteiger partial charge >= 0.3 is 0 Å². The molecule has 0 spiro atoms. The SMILES string of the molecule is Cc1ccc(NC(=O)CN2C(=O)S/C(=C/c3ccc(OCC(=O)Nc4ccc(F)cc4)c(Br)c3)C2=O)cc1C. The van der Waals surface area contributed by atoms with E-state index in [9.17, 15) is 23.6 Å². The molecule has 0 atom stereocenters. The van der Waals surface area contributed by atoms with Crippen molar-refractivity contribution in [1.82, 2.24) is 4.90 Å². The van der Waals surface area contributed by atoms with Crippen molar-refractivity contribution < 1.29 is 28.3 Å². The van der Waals surface area contributed by atoms with Crippen LogP contribution in [0.25, 0.3) is 6.08 Å². The van der Waals surface area contributed by atoms with Gasteiger partial charge in [-0.1, -0.05) is 12.1 Å². The summed E-state index contributed by atoms with van der Waals surface area (Å²) in [7, 11) is 0.